The molecule has 0 atom stereocenters. The molecule has 1 N–H and O–H groups in total. The molecule has 4 nitrogen and oxygen atoms in total. The molecule has 0 aliphatic heterocycles. The molecule has 1 amide bonds. The molecule has 0 unspecified atom stereocenters. The maximum atomic E-state index is 10.9. The zero-order valence-corrected chi connectivity index (χ0v) is 9.72. The molecule has 0 spiro atoms. The van der Waals surface area contributed by atoms with E-state index in [-0.39, 0.29) is 30.9 Å². The monoisotopic (exact) mass is 203 g/mol. The summed E-state index contributed by atoms with van der Waals surface area (Å²) in [6, 6.07) is 0.110. The molecule has 0 saturated heterocycles. The van der Waals surface area contributed by atoms with E-state index in [2.05, 4.69) is 5.32 Å². The lowest BCUT2D eigenvalue weighted by atomic mass is 10.4. The number of hydrogen-bond donors (Lipinski definition) is 1. The minimum Gasteiger partial charge on any atom is -0.364 e. The average Bonchev–Trinajstić information content (AvgIpc) is 2.05. The Kier molecular flexibility index (Phi) is 11.3. The average molecular weight is 203 g/mol. The Morgan fingerprint density at radius 1 is 1.21 bits per heavy atom. The fourth-order valence-corrected chi connectivity index (χ4v) is 0.651. The summed E-state index contributed by atoms with van der Waals surface area (Å²) in [4.78, 5) is 21.3. The maximum Gasteiger partial charge on any atom is 0.246 e. The van der Waals surface area contributed by atoms with E-state index in [4.69, 9.17) is 4.74 Å². The quantitative estimate of drug-likeness (QED) is 0.729. The van der Waals surface area contributed by atoms with Gasteiger partial charge in [0.15, 0.2) is 5.78 Å². The van der Waals surface area contributed by atoms with E-state index in [0.717, 1.165) is 0 Å². The highest BCUT2D eigenvalue weighted by atomic mass is 16.5. The Morgan fingerprint density at radius 3 is 2.07 bits per heavy atom. The van der Waals surface area contributed by atoms with Crippen LogP contribution < -0.4 is 5.32 Å². The van der Waals surface area contributed by atoms with E-state index in [9.17, 15) is 9.59 Å². The van der Waals surface area contributed by atoms with Gasteiger partial charge in [-0.2, -0.15) is 0 Å². The van der Waals surface area contributed by atoms with Crippen molar-refractivity contribution in [2.45, 2.75) is 40.7 Å². The predicted molar refractivity (Wildman–Crippen MR) is 56.1 cm³/mol. The number of hydrogen-bond acceptors (Lipinski definition) is 3. The summed E-state index contributed by atoms with van der Waals surface area (Å²) in [5, 5.41) is 2.64. The molecule has 0 bridgehead atoms. The summed E-state index contributed by atoms with van der Waals surface area (Å²) < 4.78 is 4.80. The van der Waals surface area contributed by atoms with Crippen molar-refractivity contribution in [1.29, 1.82) is 0 Å². The highest BCUT2D eigenvalue weighted by Crippen LogP contribution is 1.80. The molecule has 0 aromatic rings. The van der Waals surface area contributed by atoms with Gasteiger partial charge < -0.3 is 10.1 Å². The van der Waals surface area contributed by atoms with Gasteiger partial charge in [-0.25, -0.2) is 0 Å². The fourth-order valence-electron chi connectivity index (χ4n) is 0.651. The van der Waals surface area contributed by atoms with E-state index in [1.165, 1.54) is 6.92 Å². The lowest BCUT2D eigenvalue weighted by Crippen LogP contribution is -2.33. The molecule has 0 aliphatic carbocycles. The van der Waals surface area contributed by atoms with Crippen LogP contribution in [-0.4, -0.2) is 30.9 Å². The van der Waals surface area contributed by atoms with Crippen molar-refractivity contribution in [3.05, 3.63) is 0 Å². The van der Waals surface area contributed by atoms with Gasteiger partial charge in [0.2, 0.25) is 5.91 Å². The van der Waals surface area contributed by atoms with E-state index < -0.39 is 0 Å². The lowest BCUT2D eigenvalue weighted by Gasteiger charge is -2.07. The number of amides is 1. The minimum atomic E-state index is -0.189. The first kappa shape index (κ1) is 15.6. The molecular formula is C10H21NO3. The molecule has 84 valence electrons. The topological polar surface area (TPSA) is 55.4 Å². The number of nitrogens with one attached hydrogen (secondary N) is 1. The zero-order valence-electron chi connectivity index (χ0n) is 9.72. The summed E-state index contributed by atoms with van der Waals surface area (Å²) in [7, 11) is 0. The second-order valence-corrected chi connectivity index (χ2v) is 2.92. The van der Waals surface area contributed by atoms with Gasteiger partial charge in [0.1, 0.15) is 13.2 Å². The van der Waals surface area contributed by atoms with Gasteiger partial charge in [0, 0.05) is 6.04 Å². The summed E-state index contributed by atoms with van der Waals surface area (Å²) in [6.45, 7) is 9.11. The Labute approximate surface area is 86.0 Å². The first-order valence-electron chi connectivity index (χ1n) is 4.89. The van der Waals surface area contributed by atoms with Crippen LogP contribution in [0.15, 0.2) is 0 Å². The molecular weight excluding hydrogens is 182 g/mol. The predicted octanol–water partition coefficient (Wildman–Crippen LogP) is 1.14. The molecule has 4 heteroatoms. The number of ketones is 1. The Bertz CT molecular complexity index is 167. The largest absolute Gasteiger partial charge is 0.364 e. The van der Waals surface area contributed by atoms with Crippen LogP contribution in [0, 0.1) is 0 Å². The number of rotatable bonds is 5. The van der Waals surface area contributed by atoms with Gasteiger partial charge in [-0.1, -0.05) is 13.8 Å². The van der Waals surface area contributed by atoms with Gasteiger partial charge in [0.05, 0.1) is 0 Å². The van der Waals surface area contributed by atoms with Crippen molar-refractivity contribution in [2.75, 3.05) is 13.2 Å². The minimum absolute atomic E-state index is 0.00547. The van der Waals surface area contributed by atoms with Crippen molar-refractivity contribution in [2.24, 2.45) is 0 Å². The highest BCUT2D eigenvalue weighted by Gasteiger charge is 2.03. The van der Waals surface area contributed by atoms with Crippen LogP contribution in [0.4, 0.5) is 0 Å². The summed E-state index contributed by atoms with van der Waals surface area (Å²) in [6.07, 6.45) is 0. The third-order valence-corrected chi connectivity index (χ3v) is 0.988. The van der Waals surface area contributed by atoms with Gasteiger partial charge in [-0.3, -0.25) is 9.59 Å². The van der Waals surface area contributed by atoms with Gasteiger partial charge in [-0.15, -0.1) is 0 Å². The molecule has 14 heavy (non-hydrogen) atoms. The Morgan fingerprint density at radius 2 is 1.71 bits per heavy atom. The molecule has 0 aliphatic rings. The fraction of sp³-hybridized carbons (Fsp3) is 0.800. The number of carbonyl (C=O) groups excluding carboxylic acids is 2. The third kappa shape index (κ3) is 13.7. The Hall–Kier alpha value is -0.900. The van der Waals surface area contributed by atoms with Crippen LogP contribution in [0.5, 0.6) is 0 Å². The second kappa shape index (κ2) is 10.2. The summed E-state index contributed by atoms with van der Waals surface area (Å²) in [5.41, 5.74) is 0. The first-order valence-corrected chi connectivity index (χ1v) is 4.89. The molecule has 0 heterocycles. The molecule has 0 radical (unpaired) electrons. The third-order valence-electron chi connectivity index (χ3n) is 0.988. The molecule has 0 aromatic heterocycles. The van der Waals surface area contributed by atoms with Gasteiger partial charge in [-0.05, 0) is 20.8 Å². The zero-order chi connectivity index (χ0) is 11.6. The maximum absolute atomic E-state index is 10.9. The number of carbonyl (C=O) groups is 2. The lowest BCUT2D eigenvalue weighted by molar-refractivity contribution is -0.129. The van der Waals surface area contributed by atoms with E-state index in [1.54, 1.807) is 0 Å². The SMILES string of the molecule is CC.CC(=O)COCC(=O)NC(C)C. The van der Waals surface area contributed by atoms with Crippen molar-refractivity contribution in [3.8, 4) is 0 Å². The van der Waals surface area contributed by atoms with Crippen molar-refractivity contribution >= 4 is 11.7 Å². The van der Waals surface area contributed by atoms with Crippen LogP contribution in [0.2, 0.25) is 0 Å². The summed E-state index contributed by atoms with van der Waals surface area (Å²) in [5.74, 6) is -0.265. The highest BCUT2D eigenvalue weighted by molar-refractivity contribution is 5.79. The molecule has 0 aromatic carbocycles. The van der Waals surface area contributed by atoms with E-state index in [1.807, 2.05) is 27.7 Å². The number of Topliss-reactive ketones (excluding diaryl/α,β-unsaturated/α-hetero) is 1. The van der Waals surface area contributed by atoms with Gasteiger partial charge in [0.25, 0.3) is 0 Å². The van der Waals surface area contributed by atoms with Crippen LogP contribution in [-0.2, 0) is 14.3 Å². The number of ether oxygens (including phenoxy) is 1. The van der Waals surface area contributed by atoms with Gasteiger partial charge >= 0.3 is 0 Å². The normalized spacial score (nSPS) is 9.00. The Balaban J connectivity index is 0. The molecule has 0 fully saturated rings. The smallest absolute Gasteiger partial charge is 0.246 e. The van der Waals surface area contributed by atoms with Crippen LogP contribution >= 0.6 is 0 Å². The van der Waals surface area contributed by atoms with E-state index in [0.29, 0.717) is 0 Å². The summed E-state index contributed by atoms with van der Waals surface area (Å²) >= 11 is 0. The van der Waals surface area contributed by atoms with E-state index >= 15 is 0 Å². The first-order chi connectivity index (χ1) is 6.52. The van der Waals surface area contributed by atoms with Crippen LogP contribution in [0.3, 0.4) is 0 Å². The standard InChI is InChI=1S/C8H15NO3.C2H6/c1-6(2)9-8(11)5-12-4-7(3)10;1-2/h6H,4-5H2,1-3H3,(H,9,11);1-2H3. The molecule has 0 saturated carbocycles. The molecule has 0 rings (SSSR count). The van der Waals surface area contributed by atoms with Crippen LogP contribution in [0.25, 0.3) is 0 Å². The van der Waals surface area contributed by atoms with Crippen molar-refractivity contribution in [3.63, 3.8) is 0 Å². The second-order valence-electron chi connectivity index (χ2n) is 2.92. The van der Waals surface area contributed by atoms with Crippen molar-refractivity contribution < 1.29 is 14.3 Å². The van der Waals surface area contributed by atoms with Crippen LogP contribution in [0.1, 0.15) is 34.6 Å². The van der Waals surface area contributed by atoms with Crippen molar-refractivity contribution in [1.82, 2.24) is 5.32 Å².